The van der Waals surface area contributed by atoms with E-state index in [2.05, 4.69) is 5.32 Å². The molecule has 2 aromatic rings. The highest BCUT2D eigenvalue weighted by Crippen LogP contribution is 2.35. The largest absolute Gasteiger partial charge is 0.353 e. The van der Waals surface area contributed by atoms with E-state index in [1.165, 1.54) is 6.92 Å². The van der Waals surface area contributed by atoms with Gasteiger partial charge in [-0.15, -0.1) is 0 Å². The quantitative estimate of drug-likeness (QED) is 0.948. The van der Waals surface area contributed by atoms with Crippen LogP contribution in [0, 0.1) is 0 Å². The molecule has 118 valence electrons. The van der Waals surface area contributed by atoms with E-state index in [0.717, 1.165) is 17.1 Å². The molecule has 1 N–H and O–H groups in total. The minimum absolute atomic E-state index is 0.0147. The Labute approximate surface area is 135 Å². The molecule has 0 saturated heterocycles. The minimum atomic E-state index is -0.0602. The zero-order chi connectivity index (χ0) is 16.4. The first-order valence-corrected chi connectivity index (χ1v) is 7.56. The summed E-state index contributed by atoms with van der Waals surface area (Å²) in [5.74, 6) is -0.0749. The van der Waals surface area contributed by atoms with Crippen LogP contribution in [-0.4, -0.2) is 36.9 Å². The molecule has 5 heteroatoms. The Balaban J connectivity index is 1.99. The van der Waals surface area contributed by atoms with Gasteiger partial charge in [-0.2, -0.15) is 0 Å². The Morgan fingerprint density at radius 3 is 2.48 bits per heavy atom. The van der Waals surface area contributed by atoms with Crippen molar-refractivity contribution in [2.24, 2.45) is 0 Å². The Hall–Kier alpha value is -2.82. The van der Waals surface area contributed by atoms with Gasteiger partial charge in [-0.25, -0.2) is 0 Å². The van der Waals surface area contributed by atoms with Crippen LogP contribution in [0.3, 0.4) is 0 Å². The minimum Gasteiger partial charge on any atom is -0.353 e. The lowest BCUT2D eigenvalue weighted by Crippen LogP contribution is -2.38. The van der Waals surface area contributed by atoms with Crippen LogP contribution in [0.25, 0.3) is 0 Å². The smallest absolute Gasteiger partial charge is 0.260 e. The lowest BCUT2D eigenvalue weighted by molar-refractivity contribution is -0.127. The van der Waals surface area contributed by atoms with Gasteiger partial charge in [-0.3, -0.25) is 9.59 Å². The molecule has 0 fully saturated rings. The topological polar surface area (TPSA) is 52.7 Å². The number of carbonyl (C=O) groups is 2. The van der Waals surface area contributed by atoms with Crippen LogP contribution >= 0.6 is 0 Å². The number of nitrogens with zero attached hydrogens (tertiary/aromatic N) is 2. The number of likely N-dealkylation sites (N-methyl/N-ethyl adjacent to an activating group) is 1. The summed E-state index contributed by atoms with van der Waals surface area (Å²) in [5.41, 5.74) is 3.14. The Bertz CT molecular complexity index is 757. The number of nitrogens with one attached hydrogen (secondary N) is 1. The summed E-state index contributed by atoms with van der Waals surface area (Å²) in [5, 5.41) is 3.33. The van der Waals surface area contributed by atoms with Crippen molar-refractivity contribution in [2.75, 3.05) is 30.4 Å². The van der Waals surface area contributed by atoms with Gasteiger partial charge >= 0.3 is 0 Å². The highest BCUT2D eigenvalue weighted by molar-refractivity contribution is 6.13. The third-order valence-electron chi connectivity index (χ3n) is 4.06. The Morgan fingerprint density at radius 1 is 1.09 bits per heavy atom. The first-order chi connectivity index (χ1) is 11.1. The van der Waals surface area contributed by atoms with Crippen LogP contribution in [0.15, 0.2) is 48.5 Å². The van der Waals surface area contributed by atoms with Gasteiger partial charge in [-0.05, 0) is 24.3 Å². The summed E-state index contributed by atoms with van der Waals surface area (Å²) in [4.78, 5) is 27.7. The van der Waals surface area contributed by atoms with Crippen LogP contribution in [0.5, 0.6) is 0 Å². The van der Waals surface area contributed by atoms with Gasteiger partial charge < -0.3 is 15.1 Å². The number of hydrogen-bond donors (Lipinski definition) is 1. The molecule has 5 nitrogen and oxygen atoms in total. The number of amides is 2. The summed E-state index contributed by atoms with van der Waals surface area (Å²) in [6, 6.07) is 15.2. The predicted molar refractivity (Wildman–Crippen MR) is 91.2 cm³/mol. The van der Waals surface area contributed by atoms with Gasteiger partial charge in [0, 0.05) is 27.1 Å². The zero-order valence-corrected chi connectivity index (χ0v) is 13.2. The van der Waals surface area contributed by atoms with E-state index in [-0.39, 0.29) is 11.8 Å². The number of fused-ring (bicyclic) bond motifs is 2. The number of benzene rings is 2. The molecule has 0 bridgehead atoms. The fraction of sp³-hybridized carbons (Fsp3) is 0.222. The maximum atomic E-state index is 13.0. The van der Waals surface area contributed by atoms with Crippen LogP contribution in [-0.2, 0) is 4.79 Å². The monoisotopic (exact) mass is 309 g/mol. The molecule has 0 saturated carbocycles. The van der Waals surface area contributed by atoms with Gasteiger partial charge in [0.2, 0.25) is 5.91 Å². The molecule has 23 heavy (non-hydrogen) atoms. The van der Waals surface area contributed by atoms with Crippen molar-refractivity contribution in [2.45, 2.75) is 6.92 Å². The second kappa shape index (κ2) is 6.12. The summed E-state index contributed by atoms with van der Waals surface area (Å²) < 4.78 is 0. The first kappa shape index (κ1) is 15.1. The SMILES string of the molecule is CC(=O)N(C)CCN1C(=O)c2ccccc2Nc2ccccc21. The van der Waals surface area contributed by atoms with Crippen LogP contribution in [0.4, 0.5) is 17.1 Å². The van der Waals surface area contributed by atoms with Crippen molar-refractivity contribution in [3.8, 4) is 0 Å². The third kappa shape index (κ3) is 2.90. The maximum Gasteiger partial charge on any atom is 0.260 e. The van der Waals surface area contributed by atoms with E-state index in [1.807, 2.05) is 48.5 Å². The average Bonchev–Trinajstić information content (AvgIpc) is 2.67. The van der Waals surface area contributed by atoms with E-state index < -0.39 is 0 Å². The molecular formula is C18H19N3O2. The first-order valence-electron chi connectivity index (χ1n) is 7.56. The second-order valence-corrected chi connectivity index (χ2v) is 5.59. The van der Waals surface area contributed by atoms with Crippen molar-refractivity contribution in [1.82, 2.24) is 4.90 Å². The molecule has 1 aliphatic heterocycles. The van der Waals surface area contributed by atoms with Gasteiger partial charge in [0.05, 0.1) is 22.6 Å². The van der Waals surface area contributed by atoms with E-state index >= 15 is 0 Å². The Kier molecular flexibility index (Phi) is 4.02. The number of carbonyl (C=O) groups excluding carboxylic acids is 2. The predicted octanol–water partition coefficient (Wildman–Crippen LogP) is 2.87. The molecule has 3 rings (SSSR count). The number of rotatable bonds is 3. The van der Waals surface area contributed by atoms with Crippen molar-refractivity contribution in [3.05, 3.63) is 54.1 Å². The zero-order valence-electron chi connectivity index (χ0n) is 13.2. The summed E-state index contributed by atoms with van der Waals surface area (Å²) in [6.07, 6.45) is 0. The van der Waals surface area contributed by atoms with E-state index in [4.69, 9.17) is 0 Å². The molecule has 0 atom stereocenters. The summed E-state index contributed by atoms with van der Waals surface area (Å²) in [6.45, 7) is 2.45. The molecule has 0 unspecified atom stereocenters. The van der Waals surface area contributed by atoms with E-state index in [1.54, 1.807) is 16.8 Å². The van der Waals surface area contributed by atoms with Crippen molar-refractivity contribution in [3.63, 3.8) is 0 Å². The maximum absolute atomic E-state index is 13.0. The van der Waals surface area contributed by atoms with Gasteiger partial charge in [0.25, 0.3) is 5.91 Å². The molecule has 2 aromatic carbocycles. The summed E-state index contributed by atoms with van der Waals surface area (Å²) in [7, 11) is 1.74. The molecule has 0 spiro atoms. The van der Waals surface area contributed by atoms with Crippen LogP contribution in [0.1, 0.15) is 17.3 Å². The molecule has 0 radical (unpaired) electrons. The molecular weight excluding hydrogens is 290 g/mol. The number of para-hydroxylation sites is 3. The van der Waals surface area contributed by atoms with Crippen molar-refractivity contribution < 1.29 is 9.59 Å². The van der Waals surface area contributed by atoms with Crippen LogP contribution in [0.2, 0.25) is 0 Å². The fourth-order valence-electron chi connectivity index (χ4n) is 2.62. The van der Waals surface area contributed by atoms with Crippen LogP contribution < -0.4 is 10.2 Å². The molecule has 1 aliphatic rings. The highest BCUT2D eigenvalue weighted by atomic mass is 16.2. The molecule has 0 aromatic heterocycles. The van der Waals surface area contributed by atoms with Gasteiger partial charge in [-0.1, -0.05) is 24.3 Å². The summed E-state index contributed by atoms with van der Waals surface area (Å²) >= 11 is 0. The molecule has 2 amide bonds. The van der Waals surface area contributed by atoms with E-state index in [9.17, 15) is 9.59 Å². The van der Waals surface area contributed by atoms with E-state index in [0.29, 0.717) is 18.7 Å². The molecule has 1 heterocycles. The van der Waals surface area contributed by atoms with Gasteiger partial charge in [0.15, 0.2) is 0 Å². The lowest BCUT2D eigenvalue weighted by Gasteiger charge is -2.25. The Morgan fingerprint density at radius 2 is 1.74 bits per heavy atom. The second-order valence-electron chi connectivity index (χ2n) is 5.59. The number of anilines is 3. The highest BCUT2D eigenvalue weighted by Gasteiger charge is 2.26. The average molecular weight is 309 g/mol. The van der Waals surface area contributed by atoms with Gasteiger partial charge in [0.1, 0.15) is 0 Å². The van der Waals surface area contributed by atoms with Crippen molar-refractivity contribution in [1.29, 1.82) is 0 Å². The lowest BCUT2D eigenvalue weighted by atomic mass is 10.1. The number of hydrogen-bond acceptors (Lipinski definition) is 3. The fourth-order valence-corrected chi connectivity index (χ4v) is 2.62. The third-order valence-corrected chi connectivity index (χ3v) is 4.06. The standard InChI is InChI=1S/C18H19N3O2/c1-13(22)20(2)11-12-21-17-10-6-5-9-16(17)19-15-8-4-3-7-14(15)18(21)23/h3-10,19H,11-12H2,1-2H3. The normalized spacial score (nSPS) is 12.8. The van der Waals surface area contributed by atoms with Crippen molar-refractivity contribution >= 4 is 28.9 Å². The molecule has 0 aliphatic carbocycles.